The number of hydrogen-bond acceptors (Lipinski definition) is 3. The number of halogens is 1. The number of nitrogens with one attached hydrogen (secondary N) is 3. The SMILES string of the molecule is CCNC(=NCc1ccc(F)cc1CSC)NCCNC(=O)c1ccccc1. The normalized spacial score (nSPS) is 11.2. The third-order valence-corrected chi connectivity index (χ3v) is 4.56. The minimum Gasteiger partial charge on any atom is -0.357 e. The van der Waals surface area contributed by atoms with Crippen LogP contribution in [-0.2, 0) is 12.3 Å². The van der Waals surface area contributed by atoms with Gasteiger partial charge in [-0.05, 0) is 48.6 Å². The van der Waals surface area contributed by atoms with E-state index in [2.05, 4.69) is 20.9 Å². The van der Waals surface area contributed by atoms with Crippen LogP contribution in [-0.4, -0.2) is 37.8 Å². The van der Waals surface area contributed by atoms with Crippen LogP contribution >= 0.6 is 11.8 Å². The molecule has 0 spiro atoms. The molecule has 0 aromatic heterocycles. The average Bonchev–Trinajstić information content (AvgIpc) is 2.71. The van der Waals surface area contributed by atoms with Crippen LogP contribution in [0.3, 0.4) is 0 Å². The first-order chi connectivity index (χ1) is 13.6. The molecule has 0 unspecified atom stereocenters. The number of aliphatic imine (C=N–C) groups is 1. The Labute approximate surface area is 170 Å². The molecule has 7 heteroatoms. The minimum atomic E-state index is -0.226. The predicted molar refractivity (Wildman–Crippen MR) is 115 cm³/mol. The lowest BCUT2D eigenvalue weighted by Crippen LogP contribution is -2.41. The van der Waals surface area contributed by atoms with Gasteiger partial charge in [0.1, 0.15) is 5.82 Å². The van der Waals surface area contributed by atoms with Crippen molar-refractivity contribution in [1.82, 2.24) is 16.0 Å². The molecule has 3 N–H and O–H groups in total. The highest BCUT2D eigenvalue weighted by atomic mass is 32.2. The summed E-state index contributed by atoms with van der Waals surface area (Å²) < 4.78 is 13.5. The maximum Gasteiger partial charge on any atom is 0.251 e. The number of amides is 1. The summed E-state index contributed by atoms with van der Waals surface area (Å²) in [5.74, 6) is 1.09. The lowest BCUT2D eigenvalue weighted by molar-refractivity contribution is 0.0954. The fourth-order valence-corrected chi connectivity index (χ4v) is 3.17. The van der Waals surface area contributed by atoms with Crippen LogP contribution in [0.25, 0.3) is 0 Å². The van der Waals surface area contributed by atoms with Gasteiger partial charge in [-0.1, -0.05) is 24.3 Å². The fraction of sp³-hybridized carbons (Fsp3) is 0.333. The van der Waals surface area contributed by atoms with Crippen molar-refractivity contribution in [2.45, 2.75) is 19.2 Å². The zero-order valence-electron chi connectivity index (χ0n) is 16.3. The van der Waals surface area contributed by atoms with Crippen molar-refractivity contribution in [3.05, 3.63) is 71.0 Å². The molecule has 2 rings (SSSR count). The molecule has 2 aromatic carbocycles. The molecular weight excluding hydrogens is 375 g/mol. The van der Waals surface area contributed by atoms with Gasteiger partial charge < -0.3 is 16.0 Å². The van der Waals surface area contributed by atoms with Gasteiger partial charge in [0.2, 0.25) is 0 Å². The van der Waals surface area contributed by atoms with Crippen molar-refractivity contribution in [2.75, 3.05) is 25.9 Å². The van der Waals surface area contributed by atoms with Crippen LogP contribution in [0.5, 0.6) is 0 Å². The molecule has 0 atom stereocenters. The molecule has 5 nitrogen and oxygen atoms in total. The van der Waals surface area contributed by atoms with Crippen LogP contribution in [0.15, 0.2) is 53.5 Å². The molecule has 0 aliphatic rings. The summed E-state index contributed by atoms with van der Waals surface area (Å²) in [6, 6.07) is 13.9. The number of rotatable bonds is 9. The molecule has 0 heterocycles. The molecule has 0 aliphatic heterocycles. The van der Waals surface area contributed by atoms with Gasteiger partial charge in [-0.25, -0.2) is 9.38 Å². The first-order valence-corrected chi connectivity index (χ1v) is 10.6. The van der Waals surface area contributed by atoms with Gasteiger partial charge in [-0.3, -0.25) is 4.79 Å². The first-order valence-electron chi connectivity index (χ1n) is 9.25. The summed E-state index contributed by atoms with van der Waals surface area (Å²) in [6.45, 7) is 4.20. The van der Waals surface area contributed by atoms with E-state index in [0.717, 1.165) is 23.4 Å². The van der Waals surface area contributed by atoms with E-state index in [-0.39, 0.29) is 11.7 Å². The van der Waals surface area contributed by atoms with Crippen molar-refractivity contribution in [2.24, 2.45) is 4.99 Å². The monoisotopic (exact) mass is 402 g/mol. The molecule has 2 aromatic rings. The van der Waals surface area contributed by atoms with E-state index in [1.807, 2.05) is 31.4 Å². The van der Waals surface area contributed by atoms with E-state index >= 15 is 0 Å². The molecule has 0 saturated heterocycles. The molecular formula is C21H27FN4OS. The van der Waals surface area contributed by atoms with Crippen LogP contribution in [0.1, 0.15) is 28.4 Å². The van der Waals surface area contributed by atoms with Gasteiger partial charge in [0.05, 0.1) is 6.54 Å². The molecule has 1 amide bonds. The number of carbonyl (C=O) groups excluding carboxylic acids is 1. The molecule has 0 bridgehead atoms. The number of hydrogen-bond donors (Lipinski definition) is 3. The predicted octanol–water partition coefficient (Wildman–Crippen LogP) is 3.17. The van der Waals surface area contributed by atoms with Crippen LogP contribution < -0.4 is 16.0 Å². The zero-order chi connectivity index (χ0) is 20.2. The number of guanidine groups is 1. The summed E-state index contributed by atoms with van der Waals surface area (Å²) in [6.07, 6.45) is 1.99. The highest BCUT2D eigenvalue weighted by Crippen LogP contribution is 2.17. The van der Waals surface area contributed by atoms with E-state index in [1.165, 1.54) is 6.07 Å². The lowest BCUT2D eigenvalue weighted by atomic mass is 10.1. The van der Waals surface area contributed by atoms with Crippen molar-refractivity contribution in [3.63, 3.8) is 0 Å². The Morgan fingerprint density at radius 2 is 1.79 bits per heavy atom. The lowest BCUT2D eigenvalue weighted by Gasteiger charge is -2.13. The maximum atomic E-state index is 13.5. The minimum absolute atomic E-state index is 0.0997. The van der Waals surface area contributed by atoms with Gasteiger partial charge in [0.25, 0.3) is 5.91 Å². The molecule has 0 fully saturated rings. The Balaban J connectivity index is 1.88. The van der Waals surface area contributed by atoms with Crippen molar-refractivity contribution < 1.29 is 9.18 Å². The second-order valence-electron chi connectivity index (χ2n) is 6.09. The summed E-state index contributed by atoms with van der Waals surface area (Å²) in [7, 11) is 0. The molecule has 150 valence electrons. The highest BCUT2D eigenvalue weighted by Gasteiger charge is 2.06. The molecule has 28 heavy (non-hydrogen) atoms. The van der Waals surface area contributed by atoms with Crippen molar-refractivity contribution >= 4 is 23.6 Å². The van der Waals surface area contributed by atoms with Crippen molar-refractivity contribution in [3.8, 4) is 0 Å². The van der Waals surface area contributed by atoms with E-state index in [4.69, 9.17) is 0 Å². The van der Waals surface area contributed by atoms with Gasteiger partial charge in [0.15, 0.2) is 5.96 Å². The van der Waals surface area contributed by atoms with Crippen LogP contribution in [0.2, 0.25) is 0 Å². The third-order valence-electron chi connectivity index (χ3n) is 3.96. The Bertz CT molecular complexity index is 783. The molecule has 0 saturated carbocycles. The Morgan fingerprint density at radius 1 is 1.04 bits per heavy atom. The standard InChI is InChI=1S/C21H27FN4OS/c1-3-23-21(25-12-11-24-20(27)16-7-5-4-6-8-16)26-14-17-9-10-19(22)13-18(17)15-28-2/h4-10,13H,3,11-12,14-15H2,1-2H3,(H,24,27)(H2,23,25,26). The highest BCUT2D eigenvalue weighted by molar-refractivity contribution is 7.97. The van der Waals surface area contributed by atoms with Crippen LogP contribution in [0.4, 0.5) is 4.39 Å². The third kappa shape index (κ3) is 7.23. The summed E-state index contributed by atoms with van der Waals surface area (Å²) >= 11 is 1.65. The smallest absolute Gasteiger partial charge is 0.251 e. The Morgan fingerprint density at radius 3 is 2.50 bits per heavy atom. The van der Waals surface area contributed by atoms with E-state index in [1.54, 1.807) is 36.0 Å². The number of thioether (sulfide) groups is 1. The Kier molecular flexibility index (Phi) is 9.34. The summed E-state index contributed by atoms with van der Waals surface area (Å²) in [4.78, 5) is 16.6. The second-order valence-corrected chi connectivity index (χ2v) is 6.96. The van der Waals surface area contributed by atoms with E-state index in [0.29, 0.717) is 31.2 Å². The van der Waals surface area contributed by atoms with Crippen molar-refractivity contribution in [1.29, 1.82) is 0 Å². The van der Waals surface area contributed by atoms with Gasteiger partial charge in [-0.2, -0.15) is 11.8 Å². The van der Waals surface area contributed by atoms with Gasteiger partial charge in [-0.15, -0.1) is 0 Å². The Hall–Kier alpha value is -2.54. The quantitative estimate of drug-likeness (QED) is 0.342. The largest absolute Gasteiger partial charge is 0.357 e. The number of benzene rings is 2. The number of nitrogens with zero attached hydrogens (tertiary/aromatic N) is 1. The maximum absolute atomic E-state index is 13.5. The second kappa shape index (κ2) is 12.0. The van der Waals surface area contributed by atoms with Gasteiger partial charge >= 0.3 is 0 Å². The summed E-state index contributed by atoms with van der Waals surface area (Å²) in [5, 5.41) is 9.26. The average molecular weight is 403 g/mol. The fourth-order valence-electron chi connectivity index (χ4n) is 2.59. The van der Waals surface area contributed by atoms with E-state index in [9.17, 15) is 9.18 Å². The van der Waals surface area contributed by atoms with Crippen LogP contribution in [0, 0.1) is 5.82 Å². The first kappa shape index (κ1) is 21.8. The van der Waals surface area contributed by atoms with E-state index < -0.39 is 0 Å². The topological polar surface area (TPSA) is 65.5 Å². The molecule has 0 aliphatic carbocycles. The zero-order valence-corrected chi connectivity index (χ0v) is 17.1. The molecule has 0 radical (unpaired) electrons. The summed E-state index contributed by atoms with van der Waals surface area (Å²) in [5.41, 5.74) is 2.60. The number of carbonyl (C=O) groups is 1. The van der Waals surface area contributed by atoms with Gasteiger partial charge in [0, 0.05) is 31.0 Å².